The fraction of sp³-hybridized carbons (Fsp3) is 0.132. The van der Waals surface area contributed by atoms with Crippen LogP contribution in [0.2, 0.25) is 0 Å². The quantitative estimate of drug-likeness (QED) is 0.166. The van der Waals surface area contributed by atoms with Crippen LogP contribution in [0, 0.1) is 6.92 Å². The fourth-order valence-electron chi connectivity index (χ4n) is 9.59. The monoisotopic (exact) mass is 780 g/mol. The second-order valence-electron chi connectivity index (χ2n) is 17.3. The van der Waals surface area contributed by atoms with Crippen LogP contribution in [-0.2, 0) is 5.41 Å². The third-order valence-corrected chi connectivity index (χ3v) is 12.4. The first kappa shape index (κ1) is 34.9. The Bertz CT molecular complexity index is 3040. The molecular formula is C53H41BN2O4. The molecule has 9 aromatic rings. The number of benzene rings is 7. The average Bonchev–Trinajstić information content (AvgIpc) is 3.91. The highest BCUT2D eigenvalue weighted by molar-refractivity contribution is 7.00. The van der Waals surface area contributed by atoms with Crippen LogP contribution >= 0.6 is 0 Å². The lowest BCUT2D eigenvalue weighted by atomic mass is 9.33. The summed E-state index contributed by atoms with van der Waals surface area (Å²) in [5, 5.41) is 2.13. The average molecular weight is 781 g/mol. The standard InChI is InChI=1S/C53H41BN2O4/c1-32-24-43-50-44(25-32)56(38-14-6-5-7-15-38)51-40(19-21-47-52(51)58-23-22-57-47)54(50)41-31-37(53(2,3)4)18-20-42(41)55(43)39-27-35(48-29-33-12-8-10-16-45(33)59-48)26-36(28-39)49-30-34-13-9-11-17-46(34)60-49/h5-21,24-31H,22-23H2,1-4H3. The van der Waals surface area contributed by atoms with Crippen molar-refractivity contribution in [1.29, 1.82) is 0 Å². The van der Waals surface area contributed by atoms with E-state index in [-0.39, 0.29) is 12.1 Å². The van der Waals surface area contributed by atoms with Gasteiger partial charge in [-0.3, -0.25) is 0 Å². The minimum absolute atomic E-state index is 0.0771. The zero-order valence-corrected chi connectivity index (χ0v) is 34.0. The van der Waals surface area contributed by atoms with Crippen molar-refractivity contribution in [3.63, 3.8) is 0 Å². The van der Waals surface area contributed by atoms with Crippen LogP contribution < -0.4 is 35.7 Å². The number of para-hydroxylation sites is 3. The summed E-state index contributed by atoms with van der Waals surface area (Å²) in [6.45, 7) is 10.0. The molecule has 0 amide bonds. The number of furan rings is 2. The smallest absolute Gasteiger partial charge is 0.252 e. The van der Waals surface area contributed by atoms with Gasteiger partial charge in [0.15, 0.2) is 11.5 Å². The summed E-state index contributed by atoms with van der Waals surface area (Å²) in [5.74, 6) is 3.17. The molecule has 6 nitrogen and oxygen atoms in total. The van der Waals surface area contributed by atoms with Gasteiger partial charge in [-0.25, -0.2) is 0 Å². The van der Waals surface area contributed by atoms with Crippen molar-refractivity contribution in [2.24, 2.45) is 0 Å². The van der Waals surface area contributed by atoms with Crippen LogP contribution in [0.25, 0.3) is 44.6 Å². The molecule has 12 rings (SSSR count). The molecule has 7 heteroatoms. The maximum atomic E-state index is 6.59. The Morgan fingerprint density at radius 3 is 1.83 bits per heavy atom. The van der Waals surface area contributed by atoms with Crippen molar-refractivity contribution < 1.29 is 18.3 Å². The van der Waals surface area contributed by atoms with E-state index in [1.54, 1.807) is 0 Å². The summed E-state index contributed by atoms with van der Waals surface area (Å²) < 4.78 is 26.0. The molecule has 0 saturated carbocycles. The molecule has 0 spiro atoms. The molecule has 3 aliphatic rings. The van der Waals surface area contributed by atoms with Crippen LogP contribution in [0.1, 0.15) is 31.9 Å². The summed E-state index contributed by atoms with van der Waals surface area (Å²) in [6.07, 6.45) is 0. The molecule has 0 atom stereocenters. The van der Waals surface area contributed by atoms with Gasteiger partial charge in [-0.1, -0.05) is 93.6 Å². The number of anilines is 6. The maximum absolute atomic E-state index is 6.59. The Labute approximate surface area is 349 Å². The summed E-state index contributed by atoms with van der Waals surface area (Å²) >= 11 is 0. The van der Waals surface area contributed by atoms with Gasteiger partial charge in [0, 0.05) is 50.3 Å². The SMILES string of the molecule is Cc1cc2c3c(c1)N(c1ccccc1)c1c(ccc4c1OCCO4)B3c1cc(C(C)(C)C)ccc1N2c1cc(-c2cc3ccccc3o2)cc(-c2cc3ccccc3o2)c1. The molecule has 0 fully saturated rings. The van der Waals surface area contributed by atoms with Crippen molar-refractivity contribution in [2.75, 3.05) is 23.0 Å². The number of aryl methyl sites for hydroxylation is 1. The van der Waals surface area contributed by atoms with E-state index in [2.05, 4.69) is 165 Å². The van der Waals surface area contributed by atoms with E-state index in [1.807, 2.05) is 24.3 Å². The molecular weight excluding hydrogens is 739 g/mol. The van der Waals surface area contributed by atoms with Gasteiger partial charge < -0.3 is 28.1 Å². The minimum atomic E-state index is -0.0802. The van der Waals surface area contributed by atoms with Crippen molar-refractivity contribution in [1.82, 2.24) is 0 Å². The Morgan fingerprint density at radius 1 is 0.533 bits per heavy atom. The molecule has 0 saturated heterocycles. The first-order valence-corrected chi connectivity index (χ1v) is 20.8. The lowest BCUT2D eigenvalue weighted by Crippen LogP contribution is -2.61. The van der Waals surface area contributed by atoms with E-state index in [4.69, 9.17) is 18.3 Å². The maximum Gasteiger partial charge on any atom is 0.252 e. The zero-order chi connectivity index (χ0) is 40.3. The molecule has 0 aliphatic carbocycles. The van der Waals surface area contributed by atoms with Crippen LogP contribution in [-0.4, -0.2) is 19.9 Å². The first-order valence-electron chi connectivity index (χ1n) is 20.8. The number of rotatable bonds is 4. The molecule has 3 aliphatic heterocycles. The summed E-state index contributed by atoms with van der Waals surface area (Å²) in [7, 11) is 0. The Hall–Kier alpha value is -7.12. The van der Waals surface area contributed by atoms with E-state index in [1.165, 1.54) is 22.0 Å². The molecule has 60 heavy (non-hydrogen) atoms. The van der Waals surface area contributed by atoms with Crippen molar-refractivity contribution >= 4 is 79.2 Å². The molecule has 0 N–H and O–H groups in total. The number of nitrogens with zero attached hydrogens (tertiary/aromatic N) is 2. The van der Waals surface area contributed by atoms with Gasteiger partial charge in [0.2, 0.25) is 0 Å². The molecule has 0 radical (unpaired) electrons. The molecule has 7 aromatic carbocycles. The highest BCUT2D eigenvalue weighted by Crippen LogP contribution is 2.51. The number of fused-ring (bicyclic) bond motifs is 8. The Balaban J connectivity index is 1.17. The van der Waals surface area contributed by atoms with Crippen LogP contribution in [0.15, 0.2) is 160 Å². The second kappa shape index (κ2) is 12.9. The van der Waals surface area contributed by atoms with Gasteiger partial charge in [-0.2, -0.15) is 0 Å². The van der Waals surface area contributed by atoms with Gasteiger partial charge in [0.25, 0.3) is 6.71 Å². The van der Waals surface area contributed by atoms with Crippen LogP contribution in [0.5, 0.6) is 11.5 Å². The number of hydrogen-bond donors (Lipinski definition) is 0. The van der Waals surface area contributed by atoms with E-state index in [0.717, 1.165) is 95.8 Å². The van der Waals surface area contributed by atoms with Gasteiger partial charge in [0.1, 0.15) is 35.9 Å². The Morgan fingerprint density at radius 2 is 1.17 bits per heavy atom. The normalized spacial score (nSPS) is 14.0. The zero-order valence-electron chi connectivity index (χ0n) is 34.0. The highest BCUT2D eigenvalue weighted by Gasteiger charge is 2.46. The van der Waals surface area contributed by atoms with Gasteiger partial charge in [-0.05, 0) is 119 Å². The van der Waals surface area contributed by atoms with E-state index < -0.39 is 0 Å². The molecule has 2 aromatic heterocycles. The predicted octanol–water partition coefficient (Wildman–Crippen LogP) is 12.0. The lowest BCUT2D eigenvalue weighted by Gasteiger charge is -2.45. The minimum Gasteiger partial charge on any atom is -0.486 e. The lowest BCUT2D eigenvalue weighted by molar-refractivity contribution is 0.172. The van der Waals surface area contributed by atoms with E-state index in [9.17, 15) is 0 Å². The van der Waals surface area contributed by atoms with E-state index in [0.29, 0.717) is 13.2 Å². The predicted molar refractivity (Wildman–Crippen MR) is 245 cm³/mol. The van der Waals surface area contributed by atoms with Gasteiger partial charge in [0.05, 0.1) is 5.69 Å². The van der Waals surface area contributed by atoms with Crippen LogP contribution in [0.3, 0.4) is 0 Å². The molecule has 5 heterocycles. The fourth-order valence-corrected chi connectivity index (χ4v) is 9.59. The van der Waals surface area contributed by atoms with Gasteiger partial charge in [-0.15, -0.1) is 0 Å². The third kappa shape index (κ3) is 5.35. The summed E-state index contributed by atoms with van der Waals surface area (Å²) in [5.41, 5.74) is 16.2. The van der Waals surface area contributed by atoms with Crippen LogP contribution in [0.4, 0.5) is 34.1 Å². The summed E-state index contributed by atoms with van der Waals surface area (Å²) in [6, 6.07) is 54.2. The van der Waals surface area contributed by atoms with E-state index >= 15 is 0 Å². The van der Waals surface area contributed by atoms with Crippen molar-refractivity contribution in [3.8, 4) is 34.1 Å². The number of ether oxygens (including phenoxy) is 2. The van der Waals surface area contributed by atoms with Crippen molar-refractivity contribution in [2.45, 2.75) is 33.1 Å². The largest absolute Gasteiger partial charge is 0.486 e. The Kier molecular flexibility index (Phi) is 7.52. The third-order valence-electron chi connectivity index (χ3n) is 12.4. The van der Waals surface area contributed by atoms with Crippen molar-refractivity contribution in [3.05, 3.63) is 163 Å². The molecule has 0 bridgehead atoms. The first-order chi connectivity index (χ1) is 29.3. The molecule has 0 unspecified atom stereocenters. The molecule has 290 valence electrons. The van der Waals surface area contributed by atoms with Gasteiger partial charge >= 0.3 is 0 Å². The summed E-state index contributed by atoms with van der Waals surface area (Å²) in [4.78, 5) is 4.86. The number of hydrogen-bond acceptors (Lipinski definition) is 6. The topological polar surface area (TPSA) is 51.2 Å². The second-order valence-corrected chi connectivity index (χ2v) is 17.3. The highest BCUT2D eigenvalue weighted by atomic mass is 16.6.